The lowest BCUT2D eigenvalue weighted by Gasteiger charge is -2.02. The Morgan fingerprint density at radius 2 is 2.06 bits per heavy atom. The van der Waals surface area contributed by atoms with Gasteiger partial charge >= 0.3 is 0 Å². The van der Waals surface area contributed by atoms with Crippen molar-refractivity contribution in [3.05, 3.63) is 34.9 Å². The second-order valence-electron chi connectivity index (χ2n) is 3.77. The van der Waals surface area contributed by atoms with Crippen molar-refractivity contribution in [1.29, 1.82) is 0 Å². The van der Waals surface area contributed by atoms with Crippen LogP contribution in [0, 0.1) is 0 Å². The van der Waals surface area contributed by atoms with Gasteiger partial charge in [0.25, 0.3) is 0 Å². The zero-order chi connectivity index (χ0) is 12.9. The molecule has 0 spiro atoms. The molecule has 0 aromatic heterocycles. The molecule has 3 nitrogen and oxygen atoms in total. The molecule has 0 aliphatic carbocycles. The molecule has 5 heteroatoms. The van der Waals surface area contributed by atoms with E-state index in [4.69, 9.17) is 11.6 Å². The van der Waals surface area contributed by atoms with E-state index < -0.39 is 9.84 Å². The molecule has 0 radical (unpaired) electrons. The molecule has 1 rings (SSSR count). The topological polar surface area (TPSA) is 51.2 Å². The minimum absolute atomic E-state index is 0.0653. The van der Waals surface area contributed by atoms with Gasteiger partial charge in [-0.05, 0) is 18.6 Å². The molecule has 0 aliphatic rings. The Morgan fingerprint density at radius 3 is 2.65 bits per heavy atom. The van der Waals surface area contributed by atoms with E-state index >= 15 is 0 Å². The number of hydrogen-bond acceptors (Lipinski definition) is 3. The Bertz CT molecular complexity index is 494. The van der Waals surface area contributed by atoms with Gasteiger partial charge in [-0.15, -0.1) is 0 Å². The standard InChI is InChI=1S/C12H15ClO3S/c1-2-17(15,16)8-4-7-12(14)10-5-3-6-11(13)9-10/h3,5-6,9H,2,4,7-8H2,1H3. The molecule has 0 unspecified atom stereocenters. The number of hydrogen-bond donors (Lipinski definition) is 0. The van der Waals surface area contributed by atoms with Gasteiger partial charge in [-0.25, -0.2) is 8.42 Å². The molecule has 0 bridgehead atoms. The predicted molar refractivity (Wildman–Crippen MR) is 69.3 cm³/mol. The molecule has 0 saturated carbocycles. The first kappa shape index (κ1) is 14.2. The molecule has 1 aromatic carbocycles. The van der Waals surface area contributed by atoms with Crippen LogP contribution in [0.2, 0.25) is 5.02 Å². The summed E-state index contributed by atoms with van der Waals surface area (Å²) in [7, 11) is -2.98. The highest BCUT2D eigenvalue weighted by molar-refractivity contribution is 7.91. The molecule has 94 valence electrons. The van der Waals surface area contributed by atoms with Crippen LogP contribution in [-0.4, -0.2) is 25.7 Å². The van der Waals surface area contributed by atoms with Crippen molar-refractivity contribution in [2.45, 2.75) is 19.8 Å². The minimum Gasteiger partial charge on any atom is -0.294 e. The normalized spacial score (nSPS) is 11.4. The van der Waals surface area contributed by atoms with Gasteiger partial charge in [0.1, 0.15) is 9.84 Å². The van der Waals surface area contributed by atoms with Crippen LogP contribution in [-0.2, 0) is 9.84 Å². The van der Waals surface area contributed by atoms with Gasteiger partial charge in [0.05, 0.1) is 5.75 Å². The summed E-state index contributed by atoms with van der Waals surface area (Å²) in [5, 5.41) is 0.511. The molecular formula is C12H15ClO3S. The van der Waals surface area contributed by atoms with E-state index in [1.165, 1.54) is 0 Å². The highest BCUT2D eigenvalue weighted by Gasteiger charge is 2.10. The van der Waals surface area contributed by atoms with Crippen LogP contribution in [0.5, 0.6) is 0 Å². The smallest absolute Gasteiger partial charge is 0.162 e. The maximum absolute atomic E-state index is 11.7. The van der Waals surface area contributed by atoms with Crippen LogP contribution in [0.15, 0.2) is 24.3 Å². The summed E-state index contributed by atoms with van der Waals surface area (Å²) >= 11 is 5.77. The molecule has 0 N–H and O–H groups in total. The van der Waals surface area contributed by atoms with E-state index in [-0.39, 0.29) is 23.7 Å². The SMILES string of the molecule is CCS(=O)(=O)CCCC(=O)c1cccc(Cl)c1. The van der Waals surface area contributed by atoms with E-state index in [1.54, 1.807) is 31.2 Å². The maximum atomic E-state index is 11.7. The quantitative estimate of drug-likeness (QED) is 0.750. The predicted octanol–water partition coefficient (Wildman–Crippen LogP) is 2.74. The maximum Gasteiger partial charge on any atom is 0.162 e. The Balaban J connectivity index is 2.51. The fourth-order valence-corrected chi connectivity index (χ4v) is 2.47. The van der Waals surface area contributed by atoms with Crippen LogP contribution in [0.3, 0.4) is 0 Å². The van der Waals surface area contributed by atoms with Crippen molar-refractivity contribution < 1.29 is 13.2 Å². The van der Waals surface area contributed by atoms with E-state index in [2.05, 4.69) is 0 Å². The van der Waals surface area contributed by atoms with Crippen LogP contribution in [0.4, 0.5) is 0 Å². The van der Waals surface area contributed by atoms with Crippen molar-refractivity contribution in [2.24, 2.45) is 0 Å². The van der Waals surface area contributed by atoms with Gasteiger partial charge < -0.3 is 0 Å². The summed E-state index contributed by atoms with van der Waals surface area (Å²) < 4.78 is 22.5. The highest BCUT2D eigenvalue weighted by atomic mass is 35.5. The lowest BCUT2D eigenvalue weighted by atomic mass is 10.1. The molecular weight excluding hydrogens is 260 g/mol. The number of halogens is 1. The Kier molecular flexibility index (Phi) is 5.15. The van der Waals surface area contributed by atoms with Crippen LogP contribution >= 0.6 is 11.6 Å². The second-order valence-corrected chi connectivity index (χ2v) is 6.68. The highest BCUT2D eigenvalue weighted by Crippen LogP contribution is 2.13. The Hall–Kier alpha value is -0.870. The summed E-state index contributed by atoms with van der Waals surface area (Å²) in [6.07, 6.45) is 0.598. The number of carbonyl (C=O) groups is 1. The van der Waals surface area contributed by atoms with E-state index in [0.717, 1.165) is 0 Å². The van der Waals surface area contributed by atoms with Gasteiger partial charge in [0.2, 0.25) is 0 Å². The van der Waals surface area contributed by atoms with Crippen LogP contribution in [0.25, 0.3) is 0 Å². The average Bonchev–Trinajstić information content (AvgIpc) is 2.28. The van der Waals surface area contributed by atoms with Gasteiger partial charge in [-0.1, -0.05) is 30.7 Å². The van der Waals surface area contributed by atoms with Crippen LogP contribution < -0.4 is 0 Å². The Morgan fingerprint density at radius 1 is 1.35 bits per heavy atom. The zero-order valence-electron chi connectivity index (χ0n) is 9.65. The second kappa shape index (κ2) is 6.17. The zero-order valence-corrected chi connectivity index (χ0v) is 11.2. The monoisotopic (exact) mass is 274 g/mol. The fourth-order valence-electron chi connectivity index (χ4n) is 1.40. The summed E-state index contributed by atoms with van der Waals surface area (Å²) in [5.74, 6) is 0.118. The van der Waals surface area contributed by atoms with Gasteiger partial charge in [-0.2, -0.15) is 0 Å². The molecule has 0 heterocycles. The third kappa shape index (κ3) is 4.88. The summed E-state index contributed by atoms with van der Waals surface area (Å²) in [6.45, 7) is 1.61. The van der Waals surface area contributed by atoms with Crippen molar-refractivity contribution in [2.75, 3.05) is 11.5 Å². The summed E-state index contributed by atoms with van der Waals surface area (Å²) in [4.78, 5) is 11.7. The van der Waals surface area contributed by atoms with E-state index in [9.17, 15) is 13.2 Å². The number of Topliss-reactive ketones (excluding diaryl/α,β-unsaturated/α-hetero) is 1. The molecule has 0 saturated heterocycles. The van der Waals surface area contributed by atoms with Crippen molar-refractivity contribution >= 4 is 27.2 Å². The number of ketones is 1. The van der Waals surface area contributed by atoms with Gasteiger partial charge in [0, 0.05) is 22.8 Å². The third-order valence-electron chi connectivity index (χ3n) is 2.45. The third-order valence-corrected chi connectivity index (χ3v) is 4.47. The first-order valence-electron chi connectivity index (χ1n) is 5.44. The fraction of sp³-hybridized carbons (Fsp3) is 0.417. The molecule has 17 heavy (non-hydrogen) atoms. The first-order valence-corrected chi connectivity index (χ1v) is 7.64. The van der Waals surface area contributed by atoms with E-state index in [1.807, 2.05) is 0 Å². The summed E-state index contributed by atoms with van der Waals surface area (Å²) in [5.41, 5.74) is 0.534. The first-order chi connectivity index (χ1) is 7.94. The lowest BCUT2D eigenvalue weighted by molar-refractivity contribution is 0.0982. The van der Waals surface area contributed by atoms with Crippen molar-refractivity contribution in [3.63, 3.8) is 0 Å². The van der Waals surface area contributed by atoms with E-state index in [0.29, 0.717) is 17.0 Å². The van der Waals surface area contributed by atoms with Gasteiger partial charge in [-0.3, -0.25) is 4.79 Å². The molecule has 0 atom stereocenters. The summed E-state index contributed by atoms with van der Waals surface area (Å²) in [6, 6.07) is 6.68. The molecule has 1 aromatic rings. The van der Waals surface area contributed by atoms with Crippen molar-refractivity contribution in [1.82, 2.24) is 0 Å². The number of rotatable bonds is 6. The number of sulfone groups is 1. The Labute approximate surface area is 107 Å². The minimum atomic E-state index is -2.98. The largest absolute Gasteiger partial charge is 0.294 e. The van der Waals surface area contributed by atoms with Gasteiger partial charge in [0.15, 0.2) is 5.78 Å². The molecule has 0 fully saturated rings. The number of benzene rings is 1. The number of carbonyl (C=O) groups excluding carboxylic acids is 1. The van der Waals surface area contributed by atoms with Crippen LogP contribution in [0.1, 0.15) is 30.1 Å². The molecule has 0 aliphatic heterocycles. The molecule has 0 amide bonds. The van der Waals surface area contributed by atoms with Crippen molar-refractivity contribution in [3.8, 4) is 0 Å². The average molecular weight is 275 g/mol. The lowest BCUT2D eigenvalue weighted by Crippen LogP contribution is -2.10.